The summed E-state index contributed by atoms with van der Waals surface area (Å²) in [5, 5.41) is 22.3. The molecule has 1 fully saturated rings. The molecular weight excluding hydrogens is 276 g/mol. The number of aromatic hydroxyl groups is 2. The lowest BCUT2D eigenvalue weighted by atomic mass is 9.95. The molecule has 1 saturated carbocycles. The summed E-state index contributed by atoms with van der Waals surface area (Å²) in [6, 6.07) is 9.65. The van der Waals surface area contributed by atoms with Crippen LogP contribution in [-0.2, 0) is 0 Å². The molecule has 0 aliphatic heterocycles. The average Bonchev–Trinajstić information content (AvgIpc) is 3.21. The van der Waals surface area contributed by atoms with Crippen molar-refractivity contribution in [2.24, 2.45) is 0 Å². The van der Waals surface area contributed by atoms with Crippen LogP contribution in [0, 0.1) is 0 Å². The van der Waals surface area contributed by atoms with Crippen LogP contribution in [0.3, 0.4) is 0 Å². The predicted octanol–water partition coefficient (Wildman–Crippen LogP) is 3.80. The van der Waals surface area contributed by atoms with Gasteiger partial charge in [-0.15, -0.1) is 0 Å². The van der Waals surface area contributed by atoms with Crippen LogP contribution in [0.1, 0.15) is 42.2 Å². The average molecular weight is 292 g/mol. The number of rotatable bonds is 1. The maximum Gasteiger partial charge on any atom is 0.202 e. The van der Waals surface area contributed by atoms with E-state index in [-0.39, 0.29) is 11.8 Å². The third-order valence-corrected chi connectivity index (χ3v) is 5.29. The topological polar surface area (TPSA) is 58.3 Å². The van der Waals surface area contributed by atoms with Gasteiger partial charge in [0.25, 0.3) is 0 Å². The molecule has 2 N–H and O–H groups in total. The second-order valence-electron chi connectivity index (χ2n) is 6.40. The number of hydrogen-bond acceptors (Lipinski definition) is 3. The third-order valence-electron chi connectivity index (χ3n) is 5.29. The fourth-order valence-electron chi connectivity index (χ4n) is 4.34. The Labute approximate surface area is 127 Å². The van der Waals surface area contributed by atoms with Crippen molar-refractivity contribution in [2.75, 3.05) is 0 Å². The van der Waals surface area contributed by atoms with Crippen molar-refractivity contribution in [3.63, 3.8) is 0 Å². The fourth-order valence-corrected chi connectivity index (χ4v) is 4.34. The Morgan fingerprint density at radius 3 is 2.45 bits per heavy atom. The summed E-state index contributed by atoms with van der Waals surface area (Å²) in [7, 11) is 0. The van der Waals surface area contributed by atoms with Crippen LogP contribution in [0.2, 0.25) is 0 Å². The van der Waals surface area contributed by atoms with E-state index >= 15 is 0 Å². The summed E-state index contributed by atoms with van der Waals surface area (Å²) in [5.74, 6) is 1.24. The van der Waals surface area contributed by atoms with Crippen molar-refractivity contribution in [1.29, 1.82) is 0 Å². The molecule has 0 saturated heterocycles. The van der Waals surface area contributed by atoms with Gasteiger partial charge in [-0.2, -0.15) is 0 Å². The number of nitrogens with zero attached hydrogens (tertiary/aromatic N) is 2. The van der Waals surface area contributed by atoms with E-state index in [1.54, 1.807) is 10.8 Å². The minimum Gasteiger partial charge on any atom is -0.494 e. The predicted molar refractivity (Wildman–Crippen MR) is 83.7 cm³/mol. The second-order valence-corrected chi connectivity index (χ2v) is 6.40. The van der Waals surface area contributed by atoms with Gasteiger partial charge in [-0.05, 0) is 55.4 Å². The maximum absolute atomic E-state index is 10.7. The minimum atomic E-state index is 0.211. The Morgan fingerprint density at radius 2 is 1.73 bits per heavy atom. The molecule has 2 aromatic heterocycles. The Hall–Kier alpha value is -2.49. The molecule has 0 unspecified atom stereocenters. The van der Waals surface area contributed by atoms with Crippen LogP contribution < -0.4 is 0 Å². The molecule has 0 amide bonds. The van der Waals surface area contributed by atoms with Crippen LogP contribution in [0.25, 0.3) is 16.6 Å². The zero-order chi connectivity index (χ0) is 14.8. The van der Waals surface area contributed by atoms with Gasteiger partial charge in [-0.3, -0.25) is 9.55 Å². The highest BCUT2D eigenvalue weighted by Crippen LogP contribution is 2.60. The van der Waals surface area contributed by atoms with E-state index in [2.05, 4.69) is 4.98 Å². The molecule has 3 aromatic rings. The number of benzene rings is 1. The van der Waals surface area contributed by atoms with Gasteiger partial charge in [0, 0.05) is 22.7 Å². The summed E-state index contributed by atoms with van der Waals surface area (Å²) in [4.78, 5) is 4.31. The molecule has 4 nitrogen and oxygen atoms in total. The molecule has 2 atom stereocenters. The largest absolute Gasteiger partial charge is 0.494 e. The van der Waals surface area contributed by atoms with E-state index in [4.69, 9.17) is 0 Å². The van der Waals surface area contributed by atoms with Gasteiger partial charge in [0.2, 0.25) is 11.8 Å². The standard InChI is InChI=1S/C18H16N2O2/c21-17-15-11-3-4-12(8-11)16(15)18(22)20(17)13-5-6-14-10(9-13)2-1-7-19-14/h1-2,5-7,9,11-12,21-22H,3-4,8H2/t11-,12+. The summed E-state index contributed by atoms with van der Waals surface area (Å²) < 4.78 is 1.58. The second kappa shape index (κ2) is 4.03. The van der Waals surface area contributed by atoms with E-state index in [9.17, 15) is 10.2 Å². The Morgan fingerprint density at radius 1 is 1.00 bits per heavy atom. The molecule has 110 valence electrons. The molecular formula is C18H16N2O2. The smallest absolute Gasteiger partial charge is 0.202 e. The van der Waals surface area contributed by atoms with E-state index < -0.39 is 0 Å². The molecule has 22 heavy (non-hydrogen) atoms. The number of hydrogen-bond donors (Lipinski definition) is 2. The first kappa shape index (κ1) is 12.1. The van der Waals surface area contributed by atoms with E-state index in [1.165, 1.54) is 0 Å². The van der Waals surface area contributed by atoms with Crippen LogP contribution in [0.15, 0.2) is 36.5 Å². The third kappa shape index (κ3) is 1.39. The van der Waals surface area contributed by atoms with Crippen molar-refractivity contribution in [2.45, 2.75) is 31.1 Å². The van der Waals surface area contributed by atoms with Gasteiger partial charge in [0.15, 0.2) is 0 Å². The number of fused-ring (bicyclic) bond motifs is 6. The molecule has 4 heteroatoms. The normalized spacial score (nSPS) is 22.4. The Kier molecular flexibility index (Phi) is 2.22. The van der Waals surface area contributed by atoms with Crippen LogP contribution in [0.5, 0.6) is 11.8 Å². The first-order valence-electron chi connectivity index (χ1n) is 7.75. The first-order chi connectivity index (χ1) is 10.7. The summed E-state index contributed by atoms with van der Waals surface area (Å²) in [5.41, 5.74) is 3.63. The monoisotopic (exact) mass is 292 g/mol. The summed E-state index contributed by atoms with van der Waals surface area (Å²) in [6.45, 7) is 0. The van der Waals surface area contributed by atoms with E-state index in [0.717, 1.165) is 47.0 Å². The van der Waals surface area contributed by atoms with Crippen molar-refractivity contribution in [1.82, 2.24) is 9.55 Å². The first-order valence-corrected chi connectivity index (χ1v) is 7.75. The lowest BCUT2D eigenvalue weighted by Gasteiger charge is -2.10. The van der Waals surface area contributed by atoms with Crippen LogP contribution in [0.4, 0.5) is 0 Å². The number of aromatic nitrogens is 2. The zero-order valence-corrected chi connectivity index (χ0v) is 12.0. The Bertz CT molecular complexity index is 879. The van der Waals surface area contributed by atoms with Gasteiger partial charge >= 0.3 is 0 Å². The molecule has 1 aromatic carbocycles. The molecule has 2 aliphatic rings. The van der Waals surface area contributed by atoms with Gasteiger partial charge in [0.1, 0.15) is 0 Å². The highest BCUT2D eigenvalue weighted by Gasteiger charge is 2.44. The van der Waals surface area contributed by atoms with Gasteiger partial charge in [-0.25, -0.2) is 0 Å². The van der Waals surface area contributed by atoms with E-state index in [1.807, 2.05) is 30.3 Å². The van der Waals surface area contributed by atoms with Crippen molar-refractivity contribution in [3.05, 3.63) is 47.7 Å². The summed E-state index contributed by atoms with van der Waals surface area (Å²) >= 11 is 0. The maximum atomic E-state index is 10.7. The molecule has 0 radical (unpaired) electrons. The lowest BCUT2D eigenvalue weighted by molar-refractivity contribution is 0.395. The lowest BCUT2D eigenvalue weighted by Crippen LogP contribution is -1.95. The van der Waals surface area contributed by atoms with Crippen molar-refractivity contribution >= 4 is 10.9 Å². The highest BCUT2D eigenvalue weighted by molar-refractivity contribution is 5.81. The molecule has 0 spiro atoms. The molecule has 2 heterocycles. The van der Waals surface area contributed by atoms with Crippen LogP contribution in [-0.4, -0.2) is 19.8 Å². The van der Waals surface area contributed by atoms with E-state index in [0.29, 0.717) is 11.8 Å². The highest BCUT2D eigenvalue weighted by atomic mass is 16.3. The van der Waals surface area contributed by atoms with Gasteiger partial charge in [0.05, 0.1) is 11.2 Å². The molecule has 2 aliphatic carbocycles. The zero-order valence-electron chi connectivity index (χ0n) is 12.0. The fraction of sp³-hybridized carbons (Fsp3) is 0.278. The number of pyridine rings is 1. The minimum absolute atomic E-state index is 0.211. The van der Waals surface area contributed by atoms with Crippen LogP contribution >= 0.6 is 0 Å². The van der Waals surface area contributed by atoms with Crippen molar-refractivity contribution < 1.29 is 10.2 Å². The van der Waals surface area contributed by atoms with Gasteiger partial charge in [-0.1, -0.05) is 6.07 Å². The quantitative estimate of drug-likeness (QED) is 0.717. The Balaban J connectivity index is 1.75. The summed E-state index contributed by atoms with van der Waals surface area (Å²) in [6.07, 6.45) is 5.08. The molecule has 5 rings (SSSR count). The van der Waals surface area contributed by atoms with Gasteiger partial charge < -0.3 is 10.2 Å². The molecule has 2 bridgehead atoms. The van der Waals surface area contributed by atoms with Crippen molar-refractivity contribution in [3.8, 4) is 17.4 Å². The SMILES string of the molecule is Oc1c2c(c(O)n1-c1ccc3ncccc3c1)[C@H]1CC[C@@H]2C1.